The molecule has 130 valence electrons. The molecule has 0 saturated carbocycles. The number of benzene rings is 1. The summed E-state index contributed by atoms with van der Waals surface area (Å²) in [5.41, 5.74) is 1.89. The van der Waals surface area contributed by atoms with Crippen LogP contribution in [0.1, 0.15) is 32.0 Å². The molecule has 1 amide bonds. The molecule has 0 bridgehead atoms. The molecule has 5 nitrogen and oxygen atoms in total. The minimum Gasteiger partial charge on any atom is -0.383 e. The molecule has 1 unspecified atom stereocenters. The second kappa shape index (κ2) is 7.88. The maximum absolute atomic E-state index is 12.3. The lowest BCUT2D eigenvalue weighted by Gasteiger charge is -2.10. The van der Waals surface area contributed by atoms with Gasteiger partial charge < -0.3 is 15.3 Å². The lowest BCUT2D eigenvalue weighted by Crippen LogP contribution is -2.14. The van der Waals surface area contributed by atoms with Gasteiger partial charge >= 0.3 is 0 Å². The SMILES string of the molecule is CN(C)Cc1nc(C(=O)Nc2ccc(C(O)c3cccs3)cc2)cs1. The number of aliphatic hydroxyl groups is 1. The van der Waals surface area contributed by atoms with Gasteiger partial charge in [-0.05, 0) is 43.2 Å². The highest BCUT2D eigenvalue weighted by Gasteiger charge is 2.13. The molecule has 2 aromatic heterocycles. The van der Waals surface area contributed by atoms with Crippen molar-refractivity contribution in [2.45, 2.75) is 12.6 Å². The number of anilines is 1. The maximum atomic E-state index is 12.3. The second-order valence-corrected chi connectivity index (χ2v) is 7.78. The predicted molar refractivity (Wildman–Crippen MR) is 102 cm³/mol. The van der Waals surface area contributed by atoms with Crippen LogP contribution in [0.5, 0.6) is 0 Å². The molecule has 0 aliphatic rings. The van der Waals surface area contributed by atoms with Gasteiger partial charge in [-0.1, -0.05) is 18.2 Å². The molecule has 0 aliphatic carbocycles. The number of nitrogens with one attached hydrogen (secondary N) is 1. The zero-order valence-electron chi connectivity index (χ0n) is 14.0. The molecule has 0 fully saturated rings. The third-order valence-corrected chi connectivity index (χ3v) is 5.29. The van der Waals surface area contributed by atoms with Gasteiger partial charge in [-0.3, -0.25) is 4.79 Å². The summed E-state index contributed by atoms with van der Waals surface area (Å²) >= 11 is 2.99. The van der Waals surface area contributed by atoms with Gasteiger partial charge in [0.1, 0.15) is 16.8 Å². The molecule has 2 N–H and O–H groups in total. The van der Waals surface area contributed by atoms with Gasteiger partial charge in [0.15, 0.2) is 0 Å². The van der Waals surface area contributed by atoms with Gasteiger partial charge in [-0.2, -0.15) is 0 Å². The Morgan fingerprint density at radius 1 is 1.24 bits per heavy atom. The van der Waals surface area contributed by atoms with Crippen molar-refractivity contribution in [3.05, 3.63) is 68.3 Å². The molecule has 3 rings (SSSR count). The first-order valence-electron chi connectivity index (χ1n) is 7.75. The Hall–Kier alpha value is -2.06. The van der Waals surface area contributed by atoms with Crippen LogP contribution >= 0.6 is 22.7 Å². The van der Waals surface area contributed by atoms with E-state index in [4.69, 9.17) is 0 Å². The summed E-state index contributed by atoms with van der Waals surface area (Å²) in [7, 11) is 3.93. The molecule has 1 aromatic carbocycles. The Morgan fingerprint density at radius 3 is 2.64 bits per heavy atom. The van der Waals surface area contributed by atoms with Gasteiger partial charge in [-0.15, -0.1) is 22.7 Å². The van der Waals surface area contributed by atoms with Crippen LogP contribution in [0.2, 0.25) is 0 Å². The van der Waals surface area contributed by atoms with E-state index >= 15 is 0 Å². The summed E-state index contributed by atoms with van der Waals surface area (Å²) in [5, 5.41) is 17.8. The van der Waals surface area contributed by atoms with Crippen LogP contribution in [0.3, 0.4) is 0 Å². The maximum Gasteiger partial charge on any atom is 0.275 e. The van der Waals surface area contributed by atoms with Crippen molar-refractivity contribution in [2.75, 3.05) is 19.4 Å². The van der Waals surface area contributed by atoms with Gasteiger partial charge in [0.25, 0.3) is 5.91 Å². The normalized spacial score (nSPS) is 12.3. The monoisotopic (exact) mass is 373 g/mol. The Bertz CT molecular complexity index is 826. The summed E-state index contributed by atoms with van der Waals surface area (Å²) in [5.74, 6) is -0.229. The van der Waals surface area contributed by atoms with E-state index in [1.807, 2.05) is 48.6 Å². The van der Waals surface area contributed by atoms with E-state index in [-0.39, 0.29) is 5.91 Å². The standard InChI is InChI=1S/C18H19N3O2S2/c1-21(2)10-16-20-14(11-25-16)18(23)19-13-7-5-12(6-8-13)17(22)15-4-3-9-24-15/h3-9,11,17,22H,10H2,1-2H3,(H,19,23). The third kappa shape index (κ3) is 4.52. The summed E-state index contributed by atoms with van der Waals surface area (Å²) in [6, 6.07) is 11.0. The predicted octanol–water partition coefficient (Wildman–Crippen LogP) is 3.60. The van der Waals surface area contributed by atoms with Crippen molar-refractivity contribution < 1.29 is 9.90 Å². The number of aliphatic hydroxyl groups excluding tert-OH is 1. The molecule has 0 spiro atoms. The highest BCUT2D eigenvalue weighted by molar-refractivity contribution is 7.10. The first kappa shape index (κ1) is 17.8. The lowest BCUT2D eigenvalue weighted by atomic mass is 10.1. The largest absolute Gasteiger partial charge is 0.383 e. The van der Waals surface area contributed by atoms with E-state index < -0.39 is 6.10 Å². The van der Waals surface area contributed by atoms with Crippen LogP contribution in [0, 0.1) is 0 Å². The van der Waals surface area contributed by atoms with E-state index in [0.717, 1.165) is 15.4 Å². The van der Waals surface area contributed by atoms with Crippen LogP contribution < -0.4 is 5.32 Å². The molecule has 7 heteroatoms. The van der Waals surface area contributed by atoms with Crippen LogP contribution in [-0.4, -0.2) is 35.0 Å². The average Bonchev–Trinajstić information content (AvgIpc) is 3.26. The minimum atomic E-state index is -0.642. The Balaban J connectivity index is 1.65. The Labute approximate surface area is 154 Å². The van der Waals surface area contributed by atoms with Gasteiger partial charge in [-0.25, -0.2) is 4.98 Å². The smallest absolute Gasteiger partial charge is 0.275 e. The van der Waals surface area contributed by atoms with E-state index in [1.54, 1.807) is 17.5 Å². The number of rotatable bonds is 6. The molecule has 0 saturated heterocycles. The highest BCUT2D eigenvalue weighted by atomic mass is 32.1. The first-order chi connectivity index (χ1) is 12.0. The van der Waals surface area contributed by atoms with Crippen LogP contribution in [0.15, 0.2) is 47.2 Å². The van der Waals surface area contributed by atoms with Crippen LogP contribution in [-0.2, 0) is 6.54 Å². The topological polar surface area (TPSA) is 65.5 Å². The number of thiophene rings is 1. The quantitative estimate of drug-likeness (QED) is 0.693. The number of hydrogen-bond donors (Lipinski definition) is 2. The molecule has 3 aromatic rings. The van der Waals surface area contributed by atoms with Crippen molar-refractivity contribution in [1.82, 2.24) is 9.88 Å². The number of aromatic nitrogens is 1. The van der Waals surface area contributed by atoms with E-state index in [1.165, 1.54) is 22.7 Å². The molecule has 25 heavy (non-hydrogen) atoms. The number of thiazole rings is 1. The first-order valence-corrected chi connectivity index (χ1v) is 9.51. The fourth-order valence-corrected chi connectivity index (χ4v) is 3.94. The van der Waals surface area contributed by atoms with E-state index in [0.29, 0.717) is 17.9 Å². The summed E-state index contributed by atoms with van der Waals surface area (Å²) < 4.78 is 0. The Morgan fingerprint density at radius 2 is 2.00 bits per heavy atom. The summed E-state index contributed by atoms with van der Waals surface area (Å²) in [4.78, 5) is 19.6. The fourth-order valence-electron chi connectivity index (χ4n) is 2.31. The van der Waals surface area contributed by atoms with Gasteiger partial charge in [0.05, 0.1) is 0 Å². The zero-order chi connectivity index (χ0) is 17.8. The average molecular weight is 374 g/mol. The number of nitrogens with zero attached hydrogens (tertiary/aromatic N) is 2. The number of carbonyl (C=O) groups is 1. The van der Waals surface area contributed by atoms with Crippen LogP contribution in [0.25, 0.3) is 0 Å². The van der Waals surface area contributed by atoms with Crippen molar-refractivity contribution in [3.8, 4) is 0 Å². The summed E-state index contributed by atoms with van der Waals surface area (Å²) in [6.45, 7) is 0.716. The molecule has 0 radical (unpaired) electrons. The molecule has 0 aliphatic heterocycles. The molecular weight excluding hydrogens is 354 g/mol. The highest BCUT2D eigenvalue weighted by Crippen LogP contribution is 2.26. The lowest BCUT2D eigenvalue weighted by molar-refractivity contribution is 0.102. The van der Waals surface area contributed by atoms with Crippen molar-refractivity contribution >= 4 is 34.3 Å². The van der Waals surface area contributed by atoms with E-state index in [9.17, 15) is 9.90 Å². The molecular formula is C18H19N3O2S2. The molecule has 2 heterocycles. The Kier molecular flexibility index (Phi) is 5.60. The summed E-state index contributed by atoms with van der Waals surface area (Å²) in [6.07, 6.45) is -0.642. The second-order valence-electron chi connectivity index (χ2n) is 5.86. The zero-order valence-corrected chi connectivity index (χ0v) is 15.6. The fraction of sp³-hybridized carbons (Fsp3) is 0.222. The third-order valence-electron chi connectivity index (χ3n) is 3.53. The van der Waals surface area contributed by atoms with Crippen molar-refractivity contribution in [3.63, 3.8) is 0 Å². The number of carbonyl (C=O) groups excluding carboxylic acids is 1. The van der Waals surface area contributed by atoms with E-state index in [2.05, 4.69) is 10.3 Å². The van der Waals surface area contributed by atoms with Crippen LogP contribution in [0.4, 0.5) is 5.69 Å². The van der Waals surface area contributed by atoms with Gasteiger partial charge in [0, 0.05) is 22.5 Å². The number of hydrogen-bond acceptors (Lipinski definition) is 6. The molecule has 1 atom stereocenters. The minimum absolute atomic E-state index is 0.229. The number of amides is 1. The van der Waals surface area contributed by atoms with Crippen molar-refractivity contribution in [2.24, 2.45) is 0 Å². The van der Waals surface area contributed by atoms with Gasteiger partial charge in [0.2, 0.25) is 0 Å². The van der Waals surface area contributed by atoms with Crippen molar-refractivity contribution in [1.29, 1.82) is 0 Å².